The number of carbonyl (C=O) groups is 2. The van der Waals surface area contributed by atoms with Crippen LogP contribution >= 0.6 is 0 Å². The molecule has 1 aliphatic rings. The summed E-state index contributed by atoms with van der Waals surface area (Å²) in [6, 6.07) is 22.7. The van der Waals surface area contributed by atoms with E-state index in [1.54, 1.807) is 24.4 Å². The maximum Gasteiger partial charge on any atom is 0.394 e. The molecule has 46 heavy (non-hydrogen) atoms. The lowest BCUT2D eigenvalue weighted by molar-refractivity contribution is -0.139. The third-order valence-corrected chi connectivity index (χ3v) is 7.06. The molecule has 0 aromatic heterocycles. The number of carbonyl (C=O) groups excluding carboxylic acids is 1. The lowest BCUT2D eigenvalue weighted by Gasteiger charge is -2.33. The summed E-state index contributed by atoms with van der Waals surface area (Å²) >= 11 is 0. The van der Waals surface area contributed by atoms with Crippen LogP contribution in [0.5, 0.6) is 5.75 Å². The van der Waals surface area contributed by atoms with Crippen LogP contribution in [-0.2, 0) is 26.5 Å². The molecule has 1 fully saturated rings. The van der Waals surface area contributed by atoms with Crippen LogP contribution in [0.15, 0.2) is 77.9 Å². The number of ether oxygens (including phenoxy) is 1. The molecule has 0 radical (unpaired) electrons. The number of carboxylic acids is 1. The van der Waals surface area contributed by atoms with Crippen LogP contribution in [0.2, 0.25) is 0 Å². The number of nitrogens with one attached hydrogen (secondary N) is 2. The number of hydrazone groups is 1. The lowest BCUT2D eigenvalue weighted by atomic mass is 9.89. The lowest BCUT2D eigenvalue weighted by Crippen LogP contribution is -2.36. The number of nitrogens with zero attached hydrogens (tertiary/aromatic N) is 3. The van der Waals surface area contributed by atoms with Crippen molar-refractivity contribution in [1.29, 1.82) is 5.41 Å². The number of carboxylic acid groups (broad SMARTS) is 1. The average Bonchev–Trinajstić information content (AvgIpc) is 3.00. The molecular formula is C31H38N6O8S. The van der Waals surface area contributed by atoms with E-state index in [1.165, 1.54) is 5.56 Å². The number of amidine groups is 1. The fourth-order valence-corrected chi connectivity index (χ4v) is 4.99. The predicted octanol–water partition coefficient (Wildman–Crippen LogP) is 3.61. The van der Waals surface area contributed by atoms with E-state index < -0.39 is 23.0 Å². The Kier molecular flexibility index (Phi) is 13.0. The maximum absolute atomic E-state index is 13.2. The summed E-state index contributed by atoms with van der Waals surface area (Å²) in [6.45, 7) is 3.64. The zero-order chi connectivity index (χ0) is 33.7. The van der Waals surface area contributed by atoms with Crippen molar-refractivity contribution in [2.24, 2.45) is 10.9 Å². The Morgan fingerprint density at radius 3 is 2.35 bits per heavy atom. The minimum Gasteiger partial charge on any atom is -0.482 e. The van der Waals surface area contributed by atoms with Crippen LogP contribution < -0.4 is 20.8 Å². The first-order chi connectivity index (χ1) is 21.8. The van der Waals surface area contributed by atoms with E-state index in [9.17, 15) is 9.59 Å². The van der Waals surface area contributed by atoms with Gasteiger partial charge >= 0.3 is 16.4 Å². The van der Waals surface area contributed by atoms with Crippen molar-refractivity contribution in [3.05, 3.63) is 89.5 Å². The fourth-order valence-electron chi connectivity index (χ4n) is 4.99. The van der Waals surface area contributed by atoms with Gasteiger partial charge in [-0.3, -0.25) is 19.3 Å². The van der Waals surface area contributed by atoms with Gasteiger partial charge in [0.05, 0.1) is 18.6 Å². The Labute approximate surface area is 267 Å². The van der Waals surface area contributed by atoms with Crippen LogP contribution in [0.4, 0.5) is 11.4 Å². The third kappa shape index (κ3) is 12.6. The van der Waals surface area contributed by atoms with Crippen LogP contribution in [0.3, 0.4) is 0 Å². The van der Waals surface area contributed by atoms with Gasteiger partial charge in [0.1, 0.15) is 5.75 Å². The molecule has 1 amide bonds. The highest BCUT2D eigenvalue weighted by atomic mass is 32.3. The molecule has 0 spiro atoms. The zero-order valence-electron chi connectivity index (χ0n) is 25.2. The maximum atomic E-state index is 13.2. The van der Waals surface area contributed by atoms with E-state index in [2.05, 4.69) is 27.5 Å². The van der Waals surface area contributed by atoms with Gasteiger partial charge in [-0.15, -0.1) is 0 Å². The first-order valence-corrected chi connectivity index (χ1v) is 15.6. The highest BCUT2D eigenvalue weighted by Crippen LogP contribution is 2.29. The van der Waals surface area contributed by atoms with Gasteiger partial charge in [0.2, 0.25) is 5.91 Å². The van der Waals surface area contributed by atoms with E-state index >= 15 is 0 Å². The summed E-state index contributed by atoms with van der Waals surface area (Å²) in [5.74, 6) is 5.63. The summed E-state index contributed by atoms with van der Waals surface area (Å²) in [5.41, 5.74) is 4.42. The molecule has 3 aromatic rings. The highest BCUT2D eigenvalue weighted by Gasteiger charge is 2.21. The van der Waals surface area contributed by atoms with Gasteiger partial charge in [-0.05, 0) is 78.8 Å². The molecule has 4 rings (SSSR count). The molecule has 1 heterocycles. The Balaban J connectivity index is 0.00000107. The quantitative estimate of drug-likeness (QED) is 0.0577. The molecule has 0 unspecified atom stereocenters. The topological polar surface area (TPSA) is 219 Å². The Bertz CT molecular complexity index is 1620. The summed E-state index contributed by atoms with van der Waals surface area (Å²) in [5, 5.41) is 23.4. The molecule has 7 N–H and O–H groups in total. The van der Waals surface area contributed by atoms with Gasteiger partial charge < -0.3 is 30.8 Å². The van der Waals surface area contributed by atoms with Crippen molar-refractivity contribution in [1.82, 2.24) is 4.90 Å². The first-order valence-electron chi connectivity index (χ1n) is 14.2. The second-order valence-corrected chi connectivity index (χ2v) is 11.4. The van der Waals surface area contributed by atoms with Gasteiger partial charge in [-0.25, -0.2) is 4.79 Å². The standard InChI is InChI=1S/C31H36N6O4.H2O4S/c1-22(32)36-14-12-26(13-15-36)25-8-10-27(11-9-25)35-30(38)20-37(28-6-2-4-23(16-28)18-34-33)19-24-5-3-7-29(17-24)41-21-31(39)40;1-5(2,3)4/h2-11,16-18,26,32H,12-15,19-21,33H2,1H3,(H,35,38)(H,39,40);(H2,1,2,3,4)/b32-22?,34-18+;. The number of likely N-dealkylation sites (tertiary alicyclic amines) is 1. The minimum atomic E-state index is -4.67. The number of amides is 1. The van der Waals surface area contributed by atoms with E-state index in [-0.39, 0.29) is 12.5 Å². The number of aliphatic carboxylic acids is 1. The number of hydrogen-bond acceptors (Lipinski definition) is 9. The summed E-state index contributed by atoms with van der Waals surface area (Å²) in [4.78, 5) is 28.1. The van der Waals surface area contributed by atoms with Crippen molar-refractivity contribution in [2.75, 3.05) is 36.5 Å². The van der Waals surface area contributed by atoms with Crippen molar-refractivity contribution in [3.8, 4) is 5.75 Å². The van der Waals surface area contributed by atoms with Crippen LogP contribution in [-0.4, -0.2) is 77.7 Å². The van der Waals surface area contributed by atoms with Crippen molar-refractivity contribution in [3.63, 3.8) is 0 Å². The van der Waals surface area contributed by atoms with E-state index in [4.69, 9.17) is 38.6 Å². The van der Waals surface area contributed by atoms with E-state index in [0.717, 1.165) is 48.4 Å². The molecule has 0 aliphatic carbocycles. The van der Waals surface area contributed by atoms with Crippen LogP contribution in [0.25, 0.3) is 0 Å². The first kappa shape index (κ1) is 35.5. The zero-order valence-corrected chi connectivity index (χ0v) is 26.1. The Morgan fingerprint density at radius 2 is 1.74 bits per heavy atom. The van der Waals surface area contributed by atoms with Crippen molar-refractivity contribution in [2.45, 2.75) is 32.2 Å². The van der Waals surface area contributed by atoms with Crippen LogP contribution in [0, 0.1) is 5.41 Å². The molecule has 15 heteroatoms. The predicted molar refractivity (Wildman–Crippen MR) is 175 cm³/mol. The number of nitrogens with two attached hydrogens (primary N) is 1. The highest BCUT2D eigenvalue weighted by molar-refractivity contribution is 7.79. The molecule has 0 saturated carbocycles. The third-order valence-electron chi connectivity index (χ3n) is 7.06. The second-order valence-electron chi connectivity index (χ2n) is 10.5. The number of hydrogen-bond donors (Lipinski definition) is 6. The second kappa shape index (κ2) is 16.9. The van der Waals surface area contributed by atoms with Gasteiger partial charge in [-0.1, -0.05) is 36.4 Å². The summed E-state index contributed by atoms with van der Waals surface area (Å²) in [6.07, 6.45) is 3.56. The number of piperidine rings is 1. The smallest absolute Gasteiger partial charge is 0.394 e. The minimum absolute atomic E-state index is 0.0760. The van der Waals surface area contributed by atoms with Gasteiger partial charge in [-0.2, -0.15) is 13.5 Å². The molecular weight excluding hydrogens is 616 g/mol. The molecule has 3 aromatic carbocycles. The van der Waals surface area contributed by atoms with Gasteiger partial charge in [0, 0.05) is 31.0 Å². The molecule has 0 bridgehead atoms. The largest absolute Gasteiger partial charge is 0.482 e. The number of anilines is 2. The van der Waals surface area contributed by atoms with E-state index in [0.29, 0.717) is 24.0 Å². The average molecular weight is 655 g/mol. The fraction of sp³-hybridized carbons (Fsp3) is 0.290. The van der Waals surface area contributed by atoms with Gasteiger partial charge in [0.25, 0.3) is 0 Å². The summed E-state index contributed by atoms with van der Waals surface area (Å²) < 4.78 is 36.9. The van der Waals surface area contributed by atoms with E-state index in [1.807, 2.05) is 54.3 Å². The molecule has 14 nitrogen and oxygen atoms in total. The number of benzene rings is 3. The number of rotatable bonds is 11. The molecule has 1 aliphatic heterocycles. The monoisotopic (exact) mass is 654 g/mol. The molecule has 1 saturated heterocycles. The summed E-state index contributed by atoms with van der Waals surface area (Å²) in [7, 11) is -4.67. The SMILES string of the molecule is CC(=N)N1CCC(c2ccc(NC(=O)CN(Cc3cccc(OCC(=O)O)c3)c3cccc(/C=N/N)c3)cc2)CC1.O=S(=O)(O)O. The molecule has 0 atom stereocenters. The molecule has 246 valence electrons. The Morgan fingerprint density at radius 1 is 1.09 bits per heavy atom. The van der Waals surface area contributed by atoms with Gasteiger partial charge in [0.15, 0.2) is 6.61 Å². The normalized spacial score (nSPS) is 13.4. The van der Waals surface area contributed by atoms with Crippen molar-refractivity contribution >= 4 is 45.7 Å². The van der Waals surface area contributed by atoms with Crippen molar-refractivity contribution < 1.29 is 37.0 Å². The Hall–Kier alpha value is -4.99. The van der Waals surface area contributed by atoms with Crippen LogP contribution in [0.1, 0.15) is 42.4 Å².